The first-order valence-corrected chi connectivity index (χ1v) is 8.75. The van der Waals surface area contributed by atoms with Gasteiger partial charge < -0.3 is 5.73 Å². The van der Waals surface area contributed by atoms with Crippen LogP contribution in [0.1, 0.15) is 36.6 Å². The Morgan fingerprint density at radius 1 is 1.04 bits per heavy atom. The zero-order chi connectivity index (χ0) is 16.8. The molecule has 0 amide bonds. The number of aromatic nitrogens is 4. The summed E-state index contributed by atoms with van der Waals surface area (Å²) in [5.41, 5.74) is 9.28. The number of benzene rings is 2. The van der Waals surface area contributed by atoms with Gasteiger partial charge in [0.15, 0.2) is 5.65 Å². The van der Waals surface area contributed by atoms with E-state index in [2.05, 4.69) is 57.1 Å². The Kier molecular flexibility index (Phi) is 3.20. The van der Waals surface area contributed by atoms with Crippen LogP contribution >= 0.6 is 0 Å². The van der Waals surface area contributed by atoms with E-state index < -0.39 is 0 Å². The molecule has 124 valence electrons. The lowest BCUT2D eigenvalue weighted by Gasteiger charge is -2.25. The smallest absolute Gasteiger partial charge is 0.163 e. The van der Waals surface area contributed by atoms with Crippen molar-refractivity contribution in [1.29, 1.82) is 0 Å². The standard InChI is InChI=1S/C20H19N5/c21-19-18-17(11-14-7-3-6-13-5-1-2-10-16(13)14)24-25(15-8-4-9-15)20(18)23-12-22-19/h1-3,5-7,10,12,15H,4,8-9,11H2,(H2,21,22,23). The number of nitrogens with two attached hydrogens (primary N) is 1. The second-order valence-corrected chi connectivity index (χ2v) is 6.75. The Balaban J connectivity index is 1.67. The van der Waals surface area contributed by atoms with Gasteiger partial charge in [-0.1, -0.05) is 42.5 Å². The molecule has 0 saturated heterocycles. The minimum atomic E-state index is 0.443. The number of anilines is 1. The van der Waals surface area contributed by atoms with E-state index in [9.17, 15) is 0 Å². The van der Waals surface area contributed by atoms with Crippen molar-refractivity contribution in [2.45, 2.75) is 31.7 Å². The minimum Gasteiger partial charge on any atom is -0.383 e. The van der Waals surface area contributed by atoms with Gasteiger partial charge in [-0.05, 0) is 35.6 Å². The van der Waals surface area contributed by atoms with Gasteiger partial charge in [-0.2, -0.15) is 5.10 Å². The quantitative estimate of drug-likeness (QED) is 0.619. The molecule has 1 fully saturated rings. The fourth-order valence-electron chi connectivity index (χ4n) is 3.70. The molecule has 5 heteroatoms. The highest BCUT2D eigenvalue weighted by Gasteiger charge is 2.25. The van der Waals surface area contributed by atoms with Crippen molar-refractivity contribution in [3.8, 4) is 0 Å². The largest absolute Gasteiger partial charge is 0.383 e. The van der Waals surface area contributed by atoms with Crippen molar-refractivity contribution < 1.29 is 0 Å². The van der Waals surface area contributed by atoms with Gasteiger partial charge in [-0.15, -0.1) is 0 Å². The lowest BCUT2D eigenvalue weighted by atomic mass is 9.93. The molecule has 2 aromatic heterocycles. The van der Waals surface area contributed by atoms with Crippen LogP contribution in [0, 0.1) is 0 Å². The summed E-state index contributed by atoms with van der Waals surface area (Å²) in [5.74, 6) is 0.519. The fourth-order valence-corrected chi connectivity index (χ4v) is 3.70. The maximum atomic E-state index is 6.19. The summed E-state index contributed by atoms with van der Waals surface area (Å²) >= 11 is 0. The summed E-state index contributed by atoms with van der Waals surface area (Å²) < 4.78 is 2.07. The zero-order valence-corrected chi connectivity index (χ0v) is 13.9. The normalized spacial score (nSPS) is 14.9. The Bertz CT molecular complexity index is 1070. The third kappa shape index (κ3) is 2.27. The second-order valence-electron chi connectivity index (χ2n) is 6.75. The molecule has 25 heavy (non-hydrogen) atoms. The summed E-state index contributed by atoms with van der Waals surface area (Å²) in [6.07, 6.45) is 5.85. The van der Waals surface area contributed by atoms with Crippen molar-refractivity contribution in [3.05, 3.63) is 60.0 Å². The Hall–Kier alpha value is -2.95. The summed E-state index contributed by atoms with van der Waals surface area (Å²) in [4.78, 5) is 8.68. The molecule has 1 saturated carbocycles. The maximum absolute atomic E-state index is 6.19. The van der Waals surface area contributed by atoms with Gasteiger partial charge >= 0.3 is 0 Å². The highest BCUT2D eigenvalue weighted by Crippen LogP contribution is 2.35. The van der Waals surface area contributed by atoms with Crippen molar-refractivity contribution in [2.75, 3.05) is 5.73 Å². The molecule has 0 unspecified atom stereocenters. The van der Waals surface area contributed by atoms with E-state index in [1.807, 2.05) is 0 Å². The lowest BCUT2D eigenvalue weighted by Crippen LogP contribution is -2.18. The minimum absolute atomic E-state index is 0.443. The Morgan fingerprint density at radius 2 is 1.88 bits per heavy atom. The summed E-state index contributed by atoms with van der Waals surface area (Å²) in [7, 11) is 0. The van der Waals surface area contributed by atoms with E-state index in [0.29, 0.717) is 11.9 Å². The van der Waals surface area contributed by atoms with Crippen LogP contribution in [-0.2, 0) is 6.42 Å². The molecule has 1 aliphatic carbocycles. The molecule has 5 nitrogen and oxygen atoms in total. The third-order valence-corrected chi connectivity index (χ3v) is 5.25. The first-order chi connectivity index (χ1) is 12.3. The highest BCUT2D eigenvalue weighted by molar-refractivity contribution is 5.90. The van der Waals surface area contributed by atoms with Gasteiger partial charge in [0.1, 0.15) is 12.1 Å². The van der Waals surface area contributed by atoms with E-state index in [0.717, 1.165) is 36.0 Å². The molecule has 2 aromatic carbocycles. The summed E-state index contributed by atoms with van der Waals surface area (Å²) in [5, 5.41) is 8.31. The monoisotopic (exact) mass is 329 g/mol. The van der Waals surface area contributed by atoms with E-state index >= 15 is 0 Å². The molecule has 2 N–H and O–H groups in total. The predicted molar refractivity (Wildman–Crippen MR) is 99.4 cm³/mol. The first-order valence-electron chi connectivity index (χ1n) is 8.75. The number of fused-ring (bicyclic) bond motifs is 2. The van der Waals surface area contributed by atoms with E-state index in [4.69, 9.17) is 10.8 Å². The first kappa shape index (κ1) is 14.4. The number of rotatable bonds is 3. The second kappa shape index (κ2) is 5.55. The molecule has 0 radical (unpaired) electrons. The topological polar surface area (TPSA) is 69.6 Å². The van der Waals surface area contributed by atoms with Crippen LogP contribution in [0.5, 0.6) is 0 Å². The van der Waals surface area contributed by atoms with Gasteiger partial charge in [-0.3, -0.25) is 0 Å². The molecular formula is C20H19N5. The van der Waals surface area contributed by atoms with Crippen LogP contribution in [0.15, 0.2) is 48.8 Å². The van der Waals surface area contributed by atoms with Gasteiger partial charge in [0.2, 0.25) is 0 Å². The number of nitrogens with zero attached hydrogens (tertiary/aromatic N) is 4. The van der Waals surface area contributed by atoms with Crippen LogP contribution < -0.4 is 5.73 Å². The summed E-state index contributed by atoms with van der Waals surface area (Å²) in [6.45, 7) is 0. The molecule has 5 rings (SSSR count). The van der Waals surface area contributed by atoms with Crippen molar-refractivity contribution in [3.63, 3.8) is 0 Å². The number of nitrogen functional groups attached to an aromatic ring is 1. The van der Waals surface area contributed by atoms with Crippen LogP contribution in [0.3, 0.4) is 0 Å². The van der Waals surface area contributed by atoms with Crippen molar-refractivity contribution >= 4 is 27.6 Å². The molecule has 2 heterocycles. The molecule has 0 aliphatic heterocycles. The molecule has 0 bridgehead atoms. The average molecular weight is 329 g/mol. The zero-order valence-electron chi connectivity index (χ0n) is 13.9. The lowest BCUT2D eigenvalue weighted by molar-refractivity contribution is 0.295. The fraction of sp³-hybridized carbons (Fsp3) is 0.250. The van der Waals surface area contributed by atoms with E-state index in [1.165, 1.54) is 29.1 Å². The Morgan fingerprint density at radius 3 is 2.72 bits per heavy atom. The highest BCUT2D eigenvalue weighted by atomic mass is 15.3. The van der Waals surface area contributed by atoms with Gasteiger partial charge in [0.25, 0.3) is 0 Å². The molecular weight excluding hydrogens is 310 g/mol. The molecule has 1 aliphatic rings. The summed E-state index contributed by atoms with van der Waals surface area (Å²) in [6, 6.07) is 15.3. The number of hydrogen-bond acceptors (Lipinski definition) is 4. The number of hydrogen-bond donors (Lipinski definition) is 1. The maximum Gasteiger partial charge on any atom is 0.163 e. The van der Waals surface area contributed by atoms with Crippen molar-refractivity contribution in [2.24, 2.45) is 0 Å². The molecule has 0 spiro atoms. The molecule has 4 aromatic rings. The van der Waals surface area contributed by atoms with Crippen molar-refractivity contribution in [1.82, 2.24) is 19.7 Å². The van der Waals surface area contributed by atoms with Crippen LogP contribution in [0.4, 0.5) is 5.82 Å². The van der Waals surface area contributed by atoms with E-state index in [-0.39, 0.29) is 0 Å². The predicted octanol–water partition coefficient (Wildman–Crippen LogP) is 3.88. The third-order valence-electron chi connectivity index (χ3n) is 5.25. The van der Waals surface area contributed by atoms with Crippen LogP contribution in [-0.4, -0.2) is 19.7 Å². The molecule has 0 atom stereocenters. The van der Waals surface area contributed by atoms with Crippen LogP contribution in [0.25, 0.3) is 21.8 Å². The average Bonchev–Trinajstić information content (AvgIpc) is 2.93. The van der Waals surface area contributed by atoms with Gasteiger partial charge in [-0.25, -0.2) is 14.6 Å². The Labute approximate surface area is 145 Å². The van der Waals surface area contributed by atoms with Gasteiger partial charge in [0, 0.05) is 6.42 Å². The van der Waals surface area contributed by atoms with Gasteiger partial charge in [0.05, 0.1) is 17.1 Å². The SMILES string of the molecule is Nc1ncnc2c1c(Cc1cccc3ccccc13)nn2C1CCC1. The van der Waals surface area contributed by atoms with E-state index in [1.54, 1.807) is 0 Å². The van der Waals surface area contributed by atoms with Crippen LogP contribution in [0.2, 0.25) is 0 Å².